The molecule has 7 nitrogen and oxygen atoms in total. The molecule has 0 radical (unpaired) electrons. The van der Waals surface area contributed by atoms with Gasteiger partial charge in [0, 0.05) is 13.7 Å². The van der Waals surface area contributed by atoms with Crippen molar-refractivity contribution in [2.45, 2.75) is 20.1 Å². The van der Waals surface area contributed by atoms with E-state index >= 15 is 0 Å². The molecule has 7 heteroatoms. The number of anilines is 1. The highest BCUT2D eigenvalue weighted by atomic mass is 16.5. The molecule has 2 aromatic carbocycles. The van der Waals surface area contributed by atoms with Gasteiger partial charge in [0.1, 0.15) is 6.54 Å². The number of benzene rings is 2. The number of aryl methyl sites for hydroxylation is 1. The Balaban J connectivity index is 1.63. The van der Waals surface area contributed by atoms with Crippen molar-refractivity contribution >= 4 is 23.3 Å². The fourth-order valence-corrected chi connectivity index (χ4v) is 2.71. The van der Waals surface area contributed by atoms with E-state index < -0.39 is 0 Å². The minimum absolute atomic E-state index is 0.0764. The molecule has 0 spiro atoms. The fourth-order valence-electron chi connectivity index (χ4n) is 2.71. The van der Waals surface area contributed by atoms with Crippen molar-refractivity contribution in [1.29, 1.82) is 0 Å². The summed E-state index contributed by atoms with van der Waals surface area (Å²) in [5.41, 5.74) is 6.56. The van der Waals surface area contributed by atoms with Crippen molar-refractivity contribution < 1.29 is 14.3 Å². The van der Waals surface area contributed by atoms with Gasteiger partial charge in [-0.3, -0.25) is 20.0 Å². The number of carbonyl (C=O) groups excluding carboxylic acids is 2. The van der Waals surface area contributed by atoms with Crippen LogP contribution >= 0.6 is 0 Å². The molecule has 2 aromatic rings. The quantitative estimate of drug-likeness (QED) is 0.815. The Morgan fingerprint density at radius 1 is 1.22 bits per heavy atom. The zero-order chi connectivity index (χ0) is 19.2. The van der Waals surface area contributed by atoms with Gasteiger partial charge in [0.25, 0.3) is 11.8 Å². The van der Waals surface area contributed by atoms with Crippen LogP contribution in [0, 0.1) is 6.92 Å². The van der Waals surface area contributed by atoms with Crippen LogP contribution in [0.5, 0.6) is 0 Å². The molecule has 1 heterocycles. The SMILES string of the molecule is COCc1cccc(CNC(=O)C2=NCC(=O)N(c3ccc(C)cc3)N2)c1. The molecule has 3 rings (SSSR count). The van der Waals surface area contributed by atoms with E-state index in [0.29, 0.717) is 18.8 Å². The average Bonchev–Trinajstić information content (AvgIpc) is 2.68. The maximum atomic E-state index is 12.5. The zero-order valence-electron chi connectivity index (χ0n) is 15.4. The third-order valence-electron chi connectivity index (χ3n) is 4.10. The van der Waals surface area contributed by atoms with Gasteiger partial charge in [0.15, 0.2) is 0 Å². The van der Waals surface area contributed by atoms with E-state index in [4.69, 9.17) is 4.74 Å². The molecule has 27 heavy (non-hydrogen) atoms. The van der Waals surface area contributed by atoms with E-state index in [2.05, 4.69) is 15.7 Å². The van der Waals surface area contributed by atoms with Gasteiger partial charge in [-0.05, 0) is 30.2 Å². The molecule has 0 aliphatic carbocycles. The Morgan fingerprint density at radius 2 is 1.96 bits per heavy atom. The normalized spacial score (nSPS) is 13.8. The molecule has 0 saturated heterocycles. The van der Waals surface area contributed by atoms with Crippen molar-refractivity contribution in [3.63, 3.8) is 0 Å². The third-order valence-corrected chi connectivity index (χ3v) is 4.10. The third kappa shape index (κ3) is 4.71. The Bertz CT molecular complexity index is 862. The molecule has 0 bridgehead atoms. The summed E-state index contributed by atoms with van der Waals surface area (Å²) >= 11 is 0. The lowest BCUT2D eigenvalue weighted by atomic mass is 10.1. The topological polar surface area (TPSA) is 83.0 Å². The summed E-state index contributed by atoms with van der Waals surface area (Å²) in [6.45, 7) is 2.77. The molecule has 0 fully saturated rings. The monoisotopic (exact) mass is 366 g/mol. The number of carbonyl (C=O) groups is 2. The molecular formula is C20H22N4O3. The van der Waals surface area contributed by atoms with Gasteiger partial charge in [-0.25, -0.2) is 5.01 Å². The summed E-state index contributed by atoms with van der Waals surface area (Å²) < 4.78 is 5.12. The van der Waals surface area contributed by atoms with Crippen LogP contribution in [0.25, 0.3) is 0 Å². The molecule has 1 aliphatic heterocycles. The number of aliphatic imine (C=N–C) groups is 1. The smallest absolute Gasteiger partial charge is 0.288 e. The predicted octanol–water partition coefficient (Wildman–Crippen LogP) is 1.71. The number of amidine groups is 1. The van der Waals surface area contributed by atoms with Gasteiger partial charge < -0.3 is 10.1 Å². The second kappa shape index (κ2) is 8.46. The number of nitrogens with one attached hydrogen (secondary N) is 2. The van der Waals surface area contributed by atoms with Gasteiger partial charge in [-0.1, -0.05) is 42.0 Å². The van der Waals surface area contributed by atoms with Crippen LogP contribution in [0.2, 0.25) is 0 Å². The summed E-state index contributed by atoms with van der Waals surface area (Å²) in [6.07, 6.45) is 0. The zero-order valence-corrected chi connectivity index (χ0v) is 15.4. The predicted molar refractivity (Wildman–Crippen MR) is 103 cm³/mol. The molecular weight excluding hydrogens is 344 g/mol. The average molecular weight is 366 g/mol. The first-order valence-corrected chi connectivity index (χ1v) is 8.62. The number of nitrogens with zero attached hydrogens (tertiary/aromatic N) is 2. The molecule has 0 unspecified atom stereocenters. The molecule has 0 saturated carbocycles. The van der Waals surface area contributed by atoms with Crippen molar-refractivity contribution in [3.05, 3.63) is 65.2 Å². The van der Waals surface area contributed by atoms with Crippen LogP contribution in [0.4, 0.5) is 5.69 Å². The molecule has 0 atom stereocenters. The Morgan fingerprint density at radius 3 is 2.70 bits per heavy atom. The van der Waals surface area contributed by atoms with E-state index in [9.17, 15) is 9.59 Å². The van der Waals surface area contributed by atoms with E-state index in [0.717, 1.165) is 16.7 Å². The number of rotatable bonds is 6. The number of methoxy groups -OCH3 is 1. The van der Waals surface area contributed by atoms with E-state index in [1.54, 1.807) is 7.11 Å². The summed E-state index contributed by atoms with van der Waals surface area (Å²) in [4.78, 5) is 28.6. The Kier molecular flexibility index (Phi) is 5.83. The van der Waals surface area contributed by atoms with Gasteiger partial charge in [-0.2, -0.15) is 0 Å². The van der Waals surface area contributed by atoms with Crippen LogP contribution in [-0.4, -0.2) is 31.3 Å². The number of hydrogen-bond donors (Lipinski definition) is 2. The van der Waals surface area contributed by atoms with Crippen LogP contribution < -0.4 is 15.8 Å². The minimum atomic E-state index is -0.364. The van der Waals surface area contributed by atoms with Crippen molar-refractivity contribution in [3.8, 4) is 0 Å². The van der Waals surface area contributed by atoms with Crippen LogP contribution in [0.3, 0.4) is 0 Å². The van der Waals surface area contributed by atoms with Crippen LogP contribution in [0.1, 0.15) is 16.7 Å². The van der Waals surface area contributed by atoms with Gasteiger partial charge >= 0.3 is 0 Å². The minimum Gasteiger partial charge on any atom is -0.380 e. The van der Waals surface area contributed by atoms with Gasteiger partial charge in [0.05, 0.1) is 12.3 Å². The van der Waals surface area contributed by atoms with E-state index in [1.807, 2.05) is 55.5 Å². The lowest BCUT2D eigenvalue weighted by Crippen LogP contribution is -2.55. The summed E-state index contributed by atoms with van der Waals surface area (Å²) in [5, 5.41) is 4.17. The second-order valence-corrected chi connectivity index (χ2v) is 6.28. The first-order chi connectivity index (χ1) is 13.1. The fraction of sp³-hybridized carbons (Fsp3) is 0.250. The largest absolute Gasteiger partial charge is 0.380 e. The van der Waals surface area contributed by atoms with Crippen molar-refractivity contribution in [1.82, 2.24) is 10.7 Å². The highest BCUT2D eigenvalue weighted by molar-refractivity contribution is 6.39. The maximum Gasteiger partial charge on any atom is 0.288 e. The second-order valence-electron chi connectivity index (χ2n) is 6.28. The molecule has 2 N–H and O–H groups in total. The lowest BCUT2D eigenvalue weighted by molar-refractivity contribution is -0.118. The number of ether oxygens (including phenoxy) is 1. The Hall–Kier alpha value is -3.19. The first-order valence-electron chi connectivity index (χ1n) is 8.62. The van der Waals surface area contributed by atoms with Crippen molar-refractivity contribution in [2.75, 3.05) is 18.7 Å². The van der Waals surface area contributed by atoms with E-state index in [1.165, 1.54) is 5.01 Å². The number of hydrogen-bond acceptors (Lipinski definition) is 5. The molecule has 2 amide bonds. The van der Waals surface area contributed by atoms with Crippen molar-refractivity contribution in [2.24, 2.45) is 4.99 Å². The lowest BCUT2D eigenvalue weighted by Gasteiger charge is -2.27. The molecule has 0 aromatic heterocycles. The standard InChI is InChI=1S/C20H22N4O3/c1-14-6-8-17(9-7-14)24-18(25)12-21-19(23-24)20(26)22-11-15-4-3-5-16(10-15)13-27-2/h3-10H,11-13H2,1-2H3,(H,21,23)(H,22,26). The van der Waals surface area contributed by atoms with Crippen LogP contribution in [0.15, 0.2) is 53.5 Å². The highest BCUT2D eigenvalue weighted by Gasteiger charge is 2.25. The number of amides is 2. The van der Waals surface area contributed by atoms with Gasteiger partial charge in [-0.15, -0.1) is 0 Å². The Labute approximate surface area is 158 Å². The molecule has 140 valence electrons. The molecule has 1 aliphatic rings. The maximum absolute atomic E-state index is 12.5. The van der Waals surface area contributed by atoms with Crippen LogP contribution in [-0.2, 0) is 27.5 Å². The summed E-state index contributed by atoms with van der Waals surface area (Å²) in [6, 6.07) is 15.2. The summed E-state index contributed by atoms with van der Waals surface area (Å²) in [5.74, 6) is -0.470. The number of hydrazine groups is 1. The summed E-state index contributed by atoms with van der Waals surface area (Å²) in [7, 11) is 1.64. The van der Waals surface area contributed by atoms with Gasteiger partial charge in [0.2, 0.25) is 5.84 Å². The van der Waals surface area contributed by atoms with E-state index in [-0.39, 0.29) is 24.2 Å². The first kappa shape index (κ1) is 18.6. The highest BCUT2D eigenvalue weighted by Crippen LogP contribution is 2.15.